The molecule has 0 spiro atoms. The third-order valence-corrected chi connectivity index (χ3v) is 4.90. The monoisotopic (exact) mass is 314 g/mol. The van der Waals surface area contributed by atoms with Gasteiger partial charge in [0.25, 0.3) is 0 Å². The van der Waals surface area contributed by atoms with E-state index in [1.165, 1.54) is 4.88 Å². The molecule has 0 atom stereocenters. The van der Waals surface area contributed by atoms with Crippen LogP contribution in [0.1, 0.15) is 13.3 Å². The van der Waals surface area contributed by atoms with Crippen molar-refractivity contribution in [3.8, 4) is 21.1 Å². The number of thiazole rings is 1. The summed E-state index contributed by atoms with van der Waals surface area (Å²) in [6, 6.07) is 11.9. The quantitative estimate of drug-likeness (QED) is 0.745. The number of nitrogens with zero attached hydrogens (tertiary/aromatic N) is 1. The van der Waals surface area contributed by atoms with Gasteiger partial charge >= 0.3 is 0 Å². The van der Waals surface area contributed by atoms with Gasteiger partial charge in [-0.3, -0.25) is 4.79 Å². The second kappa shape index (κ2) is 6.20. The van der Waals surface area contributed by atoms with Crippen molar-refractivity contribution in [2.75, 3.05) is 5.32 Å². The molecule has 3 aromatic rings. The van der Waals surface area contributed by atoms with Crippen molar-refractivity contribution in [2.45, 2.75) is 13.3 Å². The van der Waals surface area contributed by atoms with Crippen LogP contribution in [0.15, 0.2) is 47.2 Å². The molecule has 3 rings (SSSR count). The highest BCUT2D eigenvalue weighted by Gasteiger charge is 2.07. The number of rotatable bonds is 4. The minimum absolute atomic E-state index is 0.0244. The Bertz CT molecular complexity index is 730. The van der Waals surface area contributed by atoms with Crippen molar-refractivity contribution < 1.29 is 4.79 Å². The Kier molecular flexibility index (Phi) is 4.13. The van der Waals surface area contributed by atoms with Crippen LogP contribution in [0.5, 0.6) is 0 Å². The lowest BCUT2D eigenvalue weighted by atomic mass is 10.1. The lowest BCUT2D eigenvalue weighted by Gasteiger charge is -2.04. The second-order valence-corrected chi connectivity index (χ2v) is 6.30. The Hall–Kier alpha value is -1.98. The van der Waals surface area contributed by atoms with Gasteiger partial charge in [0.15, 0.2) is 0 Å². The summed E-state index contributed by atoms with van der Waals surface area (Å²) in [6.07, 6.45) is 0.484. The number of hydrogen-bond acceptors (Lipinski definition) is 4. The molecule has 0 saturated carbocycles. The number of anilines is 1. The fraction of sp³-hybridized carbons (Fsp3) is 0.125. The minimum atomic E-state index is 0.0244. The summed E-state index contributed by atoms with van der Waals surface area (Å²) in [5, 5.41) is 8.01. The third-order valence-electron chi connectivity index (χ3n) is 3.02. The van der Waals surface area contributed by atoms with Gasteiger partial charge in [0.2, 0.25) is 5.91 Å². The summed E-state index contributed by atoms with van der Waals surface area (Å²) in [5.41, 5.74) is 2.85. The first-order chi connectivity index (χ1) is 10.3. The van der Waals surface area contributed by atoms with E-state index in [-0.39, 0.29) is 5.91 Å². The lowest BCUT2D eigenvalue weighted by Crippen LogP contribution is -2.08. The zero-order chi connectivity index (χ0) is 14.7. The highest BCUT2D eigenvalue weighted by atomic mass is 32.1. The maximum absolute atomic E-state index is 11.4. The predicted molar refractivity (Wildman–Crippen MR) is 89.8 cm³/mol. The molecule has 2 heterocycles. The van der Waals surface area contributed by atoms with Crippen molar-refractivity contribution >= 4 is 34.3 Å². The molecule has 1 amide bonds. The summed E-state index contributed by atoms with van der Waals surface area (Å²) in [4.78, 5) is 17.2. The Morgan fingerprint density at radius 1 is 1.19 bits per heavy atom. The first-order valence-corrected chi connectivity index (χ1v) is 8.42. The topological polar surface area (TPSA) is 42.0 Å². The van der Waals surface area contributed by atoms with Crippen molar-refractivity contribution in [1.82, 2.24) is 4.98 Å². The minimum Gasteiger partial charge on any atom is -0.326 e. The zero-order valence-electron chi connectivity index (χ0n) is 11.5. The van der Waals surface area contributed by atoms with Crippen molar-refractivity contribution in [3.05, 3.63) is 47.2 Å². The average molecular weight is 314 g/mol. The van der Waals surface area contributed by atoms with Crippen molar-refractivity contribution in [2.24, 2.45) is 0 Å². The van der Waals surface area contributed by atoms with Gasteiger partial charge in [-0.2, -0.15) is 0 Å². The van der Waals surface area contributed by atoms with Gasteiger partial charge in [-0.05, 0) is 23.6 Å². The van der Waals surface area contributed by atoms with Crippen molar-refractivity contribution in [1.29, 1.82) is 0 Å². The normalized spacial score (nSPS) is 10.5. The van der Waals surface area contributed by atoms with Crippen LogP contribution in [0.2, 0.25) is 0 Å². The van der Waals surface area contributed by atoms with Gasteiger partial charge in [-0.1, -0.05) is 25.1 Å². The lowest BCUT2D eigenvalue weighted by molar-refractivity contribution is -0.115. The van der Waals surface area contributed by atoms with Crippen LogP contribution >= 0.6 is 22.7 Å². The molecule has 0 unspecified atom stereocenters. The maximum atomic E-state index is 11.4. The molecular formula is C16H14N2OS2. The number of nitrogens with one attached hydrogen (secondary N) is 1. The SMILES string of the molecule is CCC(=O)Nc1ccc(-c2csc(-c3cccs3)n2)cc1. The zero-order valence-corrected chi connectivity index (χ0v) is 13.1. The smallest absolute Gasteiger partial charge is 0.224 e. The molecule has 0 saturated heterocycles. The van der Waals surface area contributed by atoms with Gasteiger partial charge in [0, 0.05) is 23.1 Å². The molecule has 0 bridgehead atoms. The van der Waals surface area contributed by atoms with Gasteiger partial charge in [0.1, 0.15) is 5.01 Å². The van der Waals surface area contributed by atoms with Crippen LogP contribution in [0, 0.1) is 0 Å². The fourth-order valence-electron chi connectivity index (χ4n) is 1.89. The van der Waals surface area contributed by atoms with E-state index in [0.717, 1.165) is 22.0 Å². The Morgan fingerprint density at radius 2 is 2.00 bits per heavy atom. The van der Waals surface area contributed by atoms with Crippen molar-refractivity contribution in [3.63, 3.8) is 0 Å². The summed E-state index contributed by atoms with van der Waals surface area (Å²) in [7, 11) is 0. The number of aromatic nitrogens is 1. The van der Waals surface area contributed by atoms with Crippen LogP contribution < -0.4 is 5.32 Å². The van der Waals surface area contributed by atoms with Gasteiger partial charge < -0.3 is 5.32 Å². The summed E-state index contributed by atoms with van der Waals surface area (Å²) < 4.78 is 0. The number of hydrogen-bond donors (Lipinski definition) is 1. The first kappa shape index (κ1) is 14.0. The molecule has 0 aliphatic carbocycles. The van der Waals surface area contributed by atoms with E-state index in [4.69, 9.17) is 0 Å². The van der Waals surface area contributed by atoms with Crippen LogP contribution in [-0.2, 0) is 4.79 Å². The molecule has 0 aliphatic heterocycles. The largest absolute Gasteiger partial charge is 0.326 e. The van der Waals surface area contributed by atoms with Gasteiger partial charge in [0.05, 0.1) is 10.6 Å². The number of thiophene rings is 1. The van der Waals surface area contributed by atoms with Crippen LogP contribution in [-0.4, -0.2) is 10.9 Å². The number of carbonyl (C=O) groups is 1. The summed E-state index contributed by atoms with van der Waals surface area (Å²) >= 11 is 3.35. The van der Waals surface area contributed by atoms with Gasteiger partial charge in [-0.15, -0.1) is 22.7 Å². The number of carbonyl (C=O) groups excluding carboxylic acids is 1. The molecule has 0 fully saturated rings. The second-order valence-electron chi connectivity index (χ2n) is 4.49. The predicted octanol–water partition coefficient (Wildman–Crippen LogP) is 4.89. The molecule has 1 N–H and O–H groups in total. The molecule has 0 aliphatic rings. The number of benzene rings is 1. The molecule has 2 aromatic heterocycles. The first-order valence-electron chi connectivity index (χ1n) is 6.66. The van der Waals surface area contributed by atoms with E-state index in [0.29, 0.717) is 6.42 Å². The Labute approximate surface area is 131 Å². The van der Waals surface area contributed by atoms with E-state index in [1.807, 2.05) is 37.3 Å². The van der Waals surface area contributed by atoms with E-state index >= 15 is 0 Å². The maximum Gasteiger partial charge on any atom is 0.224 e. The molecule has 0 radical (unpaired) electrons. The van der Waals surface area contributed by atoms with Crippen LogP contribution in [0.25, 0.3) is 21.1 Å². The molecule has 3 nitrogen and oxygen atoms in total. The third kappa shape index (κ3) is 3.20. The van der Waals surface area contributed by atoms with Crippen LogP contribution in [0.4, 0.5) is 5.69 Å². The average Bonchev–Trinajstić information content (AvgIpc) is 3.19. The summed E-state index contributed by atoms with van der Waals surface area (Å²) in [6.45, 7) is 1.84. The number of amides is 1. The molecule has 21 heavy (non-hydrogen) atoms. The standard InChI is InChI=1S/C16H14N2OS2/c1-2-15(19)17-12-7-5-11(6-8-12)13-10-21-16(18-13)14-4-3-9-20-14/h3-10H,2H2,1H3,(H,17,19). The highest BCUT2D eigenvalue weighted by molar-refractivity contribution is 7.20. The molecular weight excluding hydrogens is 300 g/mol. The molecule has 1 aromatic carbocycles. The fourth-order valence-corrected chi connectivity index (χ4v) is 3.54. The summed E-state index contributed by atoms with van der Waals surface area (Å²) in [5.74, 6) is 0.0244. The van der Waals surface area contributed by atoms with E-state index < -0.39 is 0 Å². The highest BCUT2D eigenvalue weighted by Crippen LogP contribution is 2.31. The Balaban J connectivity index is 1.80. The van der Waals surface area contributed by atoms with E-state index in [9.17, 15) is 4.79 Å². The Morgan fingerprint density at radius 3 is 2.67 bits per heavy atom. The molecule has 106 valence electrons. The van der Waals surface area contributed by atoms with Crippen LogP contribution in [0.3, 0.4) is 0 Å². The van der Waals surface area contributed by atoms with E-state index in [1.54, 1.807) is 22.7 Å². The van der Waals surface area contributed by atoms with Gasteiger partial charge in [-0.25, -0.2) is 4.98 Å². The van der Waals surface area contributed by atoms with E-state index in [2.05, 4.69) is 27.1 Å². The molecule has 5 heteroatoms.